The summed E-state index contributed by atoms with van der Waals surface area (Å²) < 4.78 is 0. The van der Waals surface area contributed by atoms with Crippen molar-refractivity contribution >= 4 is 16.9 Å². The first-order valence-corrected chi connectivity index (χ1v) is 5.56. The van der Waals surface area contributed by atoms with Crippen LogP contribution in [0.1, 0.15) is 12.5 Å². The molecular weight excluding hydrogens is 194 g/mol. The topological polar surface area (TPSA) is 37.3 Å². The summed E-state index contributed by atoms with van der Waals surface area (Å²) in [6.45, 7) is 3.93. The first-order chi connectivity index (χ1) is 6.84. The maximum atomic E-state index is 4.38. The summed E-state index contributed by atoms with van der Waals surface area (Å²) in [5.74, 6) is 0. The van der Waals surface area contributed by atoms with Gasteiger partial charge in [0.15, 0.2) is 5.17 Å². The number of rotatable bonds is 2. The molecule has 0 aromatic carbocycles. The standard InChI is InChI=1S/C10H13N3S/c1-8-5-12-10(14-8)13-7-9-3-2-4-11-6-9/h2-4,6,8H,5,7H2,1H3,(H,12,13)/t8-/m1/s1. The zero-order chi connectivity index (χ0) is 9.80. The molecule has 0 bridgehead atoms. The molecule has 0 radical (unpaired) electrons. The van der Waals surface area contributed by atoms with Crippen LogP contribution in [0.5, 0.6) is 0 Å². The Kier molecular flexibility index (Phi) is 3.03. The van der Waals surface area contributed by atoms with E-state index in [0.717, 1.165) is 18.3 Å². The fourth-order valence-electron chi connectivity index (χ4n) is 1.25. The molecule has 4 heteroatoms. The zero-order valence-corrected chi connectivity index (χ0v) is 8.92. The predicted molar refractivity (Wildman–Crippen MR) is 60.4 cm³/mol. The molecule has 1 N–H and O–H groups in total. The molecule has 14 heavy (non-hydrogen) atoms. The van der Waals surface area contributed by atoms with E-state index >= 15 is 0 Å². The third-order valence-corrected chi connectivity index (χ3v) is 3.02. The average molecular weight is 207 g/mol. The highest BCUT2D eigenvalue weighted by Crippen LogP contribution is 2.18. The second-order valence-corrected chi connectivity index (χ2v) is 4.72. The molecule has 1 aliphatic rings. The number of thioether (sulfide) groups is 1. The van der Waals surface area contributed by atoms with E-state index in [1.54, 1.807) is 18.0 Å². The number of hydrogen-bond acceptors (Lipinski definition) is 4. The van der Waals surface area contributed by atoms with Gasteiger partial charge in [0, 0.05) is 24.2 Å². The maximum absolute atomic E-state index is 4.38. The van der Waals surface area contributed by atoms with Crippen molar-refractivity contribution in [1.82, 2.24) is 10.3 Å². The van der Waals surface area contributed by atoms with Crippen molar-refractivity contribution < 1.29 is 0 Å². The third-order valence-electron chi connectivity index (χ3n) is 1.97. The molecule has 0 saturated heterocycles. The molecule has 0 spiro atoms. The normalized spacial score (nSPS) is 20.6. The Bertz CT molecular complexity index is 323. The summed E-state index contributed by atoms with van der Waals surface area (Å²) in [4.78, 5) is 8.44. The van der Waals surface area contributed by atoms with E-state index in [1.165, 1.54) is 5.56 Å². The minimum Gasteiger partial charge on any atom is -0.361 e. The van der Waals surface area contributed by atoms with Crippen LogP contribution in [0.2, 0.25) is 0 Å². The highest BCUT2D eigenvalue weighted by Gasteiger charge is 2.13. The summed E-state index contributed by atoms with van der Waals surface area (Å²) in [5.41, 5.74) is 1.19. The molecule has 0 fully saturated rings. The predicted octanol–water partition coefficient (Wildman–Crippen LogP) is 1.66. The van der Waals surface area contributed by atoms with Gasteiger partial charge in [0.2, 0.25) is 0 Å². The monoisotopic (exact) mass is 207 g/mol. The van der Waals surface area contributed by atoms with Crippen LogP contribution in [-0.4, -0.2) is 21.9 Å². The highest BCUT2D eigenvalue weighted by molar-refractivity contribution is 8.14. The van der Waals surface area contributed by atoms with Crippen LogP contribution in [0.3, 0.4) is 0 Å². The van der Waals surface area contributed by atoms with Gasteiger partial charge in [0.25, 0.3) is 0 Å². The van der Waals surface area contributed by atoms with Crippen molar-refractivity contribution in [1.29, 1.82) is 0 Å². The van der Waals surface area contributed by atoms with E-state index in [1.807, 2.05) is 12.3 Å². The second kappa shape index (κ2) is 4.46. The number of hydrogen-bond donors (Lipinski definition) is 1. The van der Waals surface area contributed by atoms with E-state index in [0.29, 0.717) is 5.25 Å². The van der Waals surface area contributed by atoms with E-state index < -0.39 is 0 Å². The van der Waals surface area contributed by atoms with Gasteiger partial charge in [-0.3, -0.25) is 9.98 Å². The summed E-state index contributed by atoms with van der Waals surface area (Å²) in [7, 11) is 0. The highest BCUT2D eigenvalue weighted by atomic mass is 32.2. The van der Waals surface area contributed by atoms with Gasteiger partial charge >= 0.3 is 0 Å². The molecule has 1 atom stereocenters. The van der Waals surface area contributed by atoms with Gasteiger partial charge in [-0.05, 0) is 11.6 Å². The first kappa shape index (κ1) is 9.52. The quantitative estimate of drug-likeness (QED) is 0.801. The minimum atomic E-state index is 0.617. The number of nitrogens with zero attached hydrogens (tertiary/aromatic N) is 2. The van der Waals surface area contributed by atoms with Crippen LogP contribution in [0.4, 0.5) is 0 Å². The van der Waals surface area contributed by atoms with Gasteiger partial charge in [-0.15, -0.1) is 0 Å². The molecule has 74 valence electrons. The van der Waals surface area contributed by atoms with Gasteiger partial charge in [-0.25, -0.2) is 0 Å². The SMILES string of the molecule is C[C@@H]1CN=C(NCc2cccnc2)S1. The number of pyridine rings is 1. The molecule has 2 rings (SSSR count). The molecule has 2 heterocycles. The molecule has 1 aromatic heterocycles. The Morgan fingerprint density at radius 3 is 3.21 bits per heavy atom. The fraction of sp³-hybridized carbons (Fsp3) is 0.400. The Labute approximate surface area is 88.0 Å². The van der Waals surface area contributed by atoms with Crippen molar-refractivity contribution in [3.63, 3.8) is 0 Å². The summed E-state index contributed by atoms with van der Waals surface area (Å²) in [6, 6.07) is 4.01. The van der Waals surface area contributed by atoms with E-state index in [9.17, 15) is 0 Å². The smallest absolute Gasteiger partial charge is 0.157 e. The lowest BCUT2D eigenvalue weighted by molar-refractivity contribution is 0.906. The maximum Gasteiger partial charge on any atom is 0.157 e. The van der Waals surface area contributed by atoms with Crippen LogP contribution < -0.4 is 5.32 Å². The van der Waals surface area contributed by atoms with E-state index in [4.69, 9.17) is 0 Å². The van der Waals surface area contributed by atoms with Crippen molar-refractivity contribution in [3.05, 3.63) is 30.1 Å². The molecule has 1 aliphatic heterocycles. The van der Waals surface area contributed by atoms with Crippen LogP contribution in [0.15, 0.2) is 29.5 Å². The van der Waals surface area contributed by atoms with Crippen molar-refractivity contribution in [2.24, 2.45) is 4.99 Å². The Hall–Kier alpha value is -1.03. The van der Waals surface area contributed by atoms with Crippen molar-refractivity contribution in [2.45, 2.75) is 18.7 Å². The molecule has 1 aromatic rings. The fourth-order valence-corrected chi connectivity index (χ4v) is 2.09. The third kappa shape index (κ3) is 2.48. The lowest BCUT2D eigenvalue weighted by Crippen LogP contribution is -2.18. The number of aliphatic imine (C=N–C) groups is 1. The molecule has 0 aliphatic carbocycles. The van der Waals surface area contributed by atoms with Gasteiger partial charge < -0.3 is 5.32 Å². The molecule has 3 nitrogen and oxygen atoms in total. The summed E-state index contributed by atoms with van der Waals surface area (Å²) >= 11 is 1.80. The van der Waals surface area contributed by atoms with E-state index in [2.05, 4.69) is 28.3 Å². The lowest BCUT2D eigenvalue weighted by atomic mass is 10.3. The van der Waals surface area contributed by atoms with E-state index in [-0.39, 0.29) is 0 Å². The van der Waals surface area contributed by atoms with Gasteiger partial charge in [-0.1, -0.05) is 24.8 Å². The number of amidine groups is 1. The van der Waals surface area contributed by atoms with Crippen molar-refractivity contribution in [3.8, 4) is 0 Å². The largest absolute Gasteiger partial charge is 0.361 e. The molecule has 0 saturated carbocycles. The molecule has 0 amide bonds. The van der Waals surface area contributed by atoms with Crippen molar-refractivity contribution in [2.75, 3.05) is 6.54 Å². The van der Waals surface area contributed by atoms with Gasteiger partial charge in [0.05, 0.1) is 6.54 Å². The van der Waals surface area contributed by atoms with Crippen LogP contribution in [0, 0.1) is 0 Å². The second-order valence-electron chi connectivity index (χ2n) is 3.29. The Balaban J connectivity index is 1.84. The number of aromatic nitrogens is 1. The summed E-state index contributed by atoms with van der Waals surface area (Å²) in [6.07, 6.45) is 3.66. The number of nitrogens with one attached hydrogen (secondary N) is 1. The first-order valence-electron chi connectivity index (χ1n) is 4.68. The van der Waals surface area contributed by atoms with Crippen LogP contribution in [-0.2, 0) is 6.54 Å². The lowest BCUT2D eigenvalue weighted by Gasteiger charge is -2.05. The summed E-state index contributed by atoms with van der Waals surface area (Å²) in [5, 5.41) is 4.98. The van der Waals surface area contributed by atoms with Crippen LogP contribution in [0.25, 0.3) is 0 Å². The van der Waals surface area contributed by atoms with Crippen LogP contribution >= 0.6 is 11.8 Å². The van der Waals surface area contributed by atoms with Gasteiger partial charge in [-0.2, -0.15) is 0 Å². The molecular formula is C10H13N3S. The van der Waals surface area contributed by atoms with Gasteiger partial charge in [0.1, 0.15) is 0 Å². The Morgan fingerprint density at radius 1 is 1.64 bits per heavy atom. The Morgan fingerprint density at radius 2 is 2.57 bits per heavy atom. The molecule has 0 unspecified atom stereocenters. The minimum absolute atomic E-state index is 0.617. The average Bonchev–Trinajstić information content (AvgIpc) is 2.63. The zero-order valence-electron chi connectivity index (χ0n) is 8.10.